The zero-order valence-electron chi connectivity index (χ0n) is 17.3. The van der Waals surface area contributed by atoms with Crippen molar-refractivity contribution >= 4 is 33.2 Å². The lowest BCUT2D eigenvalue weighted by Gasteiger charge is -2.13. The number of nitrogens with one attached hydrogen (secondary N) is 3. The molecule has 30 heavy (non-hydrogen) atoms. The van der Waals surface area contributed by atoms with Crippen LogP contribution in [0.1, 0.15) is 31.7 Å². The summed E-state index contributed by atoms with van der Waals surface area (Å²) in [7, 11) is -2.34. The van der Waals surface area contributed by atoms with E-state index in [9.17, 15) is 18.0 Å². The zero-order chi connectivity index (χ0) is 22.1. The molecule has 0 unspecified atom stereocenters. The van der Waals surface area contributed by atoms with Crippen molar-refractivity contribution in [1.82, 2.24) is 5.32 Å². The van der Waals surface area contributed by atoms with Crippen LogP contribution in [0.4, 0.5) is 11.4 Å². The summed E-state index contributed by atoms with van der Waals surface area (Å²) in [4.78, 5) is 23.8. The van der Waals surface area contributed by atoms with Crippen LogP contribution >= 0.6 is 0 Å². The Bertz CT molecular complexity index is 988. The summed E-state index contributed by atoms with van der Waals surface area (Å²) in [5.41, 5.74) is 1.27. The minimum atomic E-state index is -3.86. The van der Waals surface area contributed by atoms with Crippen LogP contribution in [0.15, 0.2) is 47.4 Å². The molecule has 2 aromatic carbocycles. The molecule has 2 amide bonds. The second kappa shape index (κ2) is 10.6. The van der Waals surface area contributed by atoms with Crippen molar-refractivity contribution in [2.24, 2.45) is 0 Å². The fraction of sp³-hybridized carbons (Fsp3) is 0.333. The fourth-order valence-electron chi connectivity index (χ4n) is 2.64. The van der Waals surface area contributed by atoms with Gasteiger partial charge in [-0.25, -0.2) is 8.42 Å². The van der Waals surface area contributed by atoms with Crippen LogP contribution in [0.3, 0.4) is 0 Å². The predicted octanol–water partition coefficient (Wildman–Crippen LogP) is 3.05. The highest BCUT2D eigenvalue weighted by molar-refractivity contribution is 7.92. The lowest BCUT2D eigenvalue weighted by molar-refractivity contribution is -0.124. The molecule has 9 heteroatoms. The van der Waals surface area contributed by atoms with Crippen LogP contribution in [0.2, 0.25) is 0 Å². The van der Waals surface area contributed by atoms with E-state index in [0.717, 1.165) is 6.42 Å². The summed E-state index contributed by atoms with van der Waals surface area (Å²) in [5.74, 6) is 0.0574. The van der Waals surface area contributed by atoms with Crippen molar-refractivity contribution < 1.29 is 22.7 Å². The Morgan fingerprint density at radius 1 is 0.967 bits per heavy atom. The summed E-state index contributed by atoms with van der Waals surface area (Å²) in [6, 6.07) is 11.1. The number of hydrogen-bond donors (Lipinski definition) is 3. The molecule has 0 atom stereocenters. The van der Waals surface area contributed by atoms with E-state index in [4.69, 9.17) is 4.74 Å². The summed E-state index contributed by atoms with van der Waals surface area (Å²) >= 11 is 0. The standard InChI is InChI=1S/C21H27N3O5S/c1-4-13-22-20(25)11-12-21(26)23-17-6-5-15(2)19(14-17)30(27,28)24-16-7-9-18(29-3)10-8-16/h5-10,14,24H,4,11-13H2,1-3H3,(H,22,25)(H,23,26). The molecule has 3 N–H and O–H groups in total. The molecule has 0 aliphatic heterocycles. The number of ether oxygens (including phenoxy) is 1. The smallest absolute Gasteiger partial charge is 0.262 e. The number of amides is 2. The Kier molecular flexibility index (Phi) is 8.23. The summed E-state index contributed by atoms with van der Waals surface area (Å²) in [6.45, 7) is 4.19. The first-order valence-corrected chi connectivity index (χ1v) is 11.1. The van der Waals surface area contributed by atoms with E-state index in [2.05, 4.69) is 15.4 Å². The Hall–Kier alpha value is -3.07. The molecule has 162 valence electrons. The Balaban J connectivity index is 2.07. The van der Waals surface area contributed by atoms with E-state index in [1.54, 1.807) is 43.3 Å². The van der Waals surface area contributed by atoms with Crippen molar-refractivity contribution in [3.05, 3.63) is 48.0 Å². The number of sulfonamides is 1. The lowest BCUT2D eigenvalue weighted by atomic mass is 10.2. The molecule has 0 aromatic heterocycles. The number of aryl methyl sites for hydroxylation is 1. The third-order valence-electron chi connectivity index (χ3n) is 4.25. The van der Waals surface area contributed by atoms with Gasteiger partial charge < -0.3 is 15.4 Å². The average Bonchev–Trinajstić information content (AvgIpc) is 2.72. The molecular weight excluding hydrogens is 406 g/mol. The van der Waals surface area contributed by atoms with Crippen molar-refractivity contribution in [2.45, 2.75) is 38.0 Å². The Morgan fingerprint density at radius 3 is 2.23 bits per heavy atom. The SMILES string of the molecule is CCCNC(=O)CCC(=O)Nc1ccc(C)c(S(=O)(=O)Nc2ccc(OC)cc2)c1. The number of carbonyl (C=O) groups excluding carboxylic acids is 2. The summed E-state index contributed by atoms with van der Waals surface area (Å²) < 4.78 is 33.2. The molecular formula is C21H27N3O5S. The summed E-state index contributed by atoms with van der Waals surface area (Å²) in [5, 5.41) is 5.35. The zero-order valence-corrected chi connectivity index (χ0v) is 18.1. The lowest BCUT2D eigenvalue weighted by Crippen LogP contribution is -2.25. The van der Waals surface area contributed by atoms with E-state index >= 15 is 0 Å². The van der Waals surface area contributed by atoms with Gasteiger partial charge in [0.1, 0.15) is 5.75 Å². The molecule has 0 saturated carbocycles. The quantitative estimate of drug-likeness (QED) is 0.533. The number of anilines is 2. The van der Waals surface area contributed by atoms with Gasteiger partial charge in [-0.05, 0) is 55.3 Å². The van der Waals surface area contributed by atoms with Gasteiger partial charge in [-0.2, -0.15) is 0 Å². The number of benzene rings is 2. The highest BCUT2D eigenvalue weighted by Gasteiger charge is 2.18. The van der Waals surface area contributed by atoms with Crippen molar-refractivity contribution in [2.75, 3.05) is 23.7 Å². The van der Waals surface area contributed by atoms with Gasteiger partial charge in [0.2, 0.25) is 11.8 Å². The monoisotopic (exact) mass is 433 g/mol. The van der Waals surface area contributed by atoms with Crippen LogP contribution in [0.5, 0.6) is 5.75 Å². The van der Waals surface area contributed by atoms with Gasteiger partial charge in [-0.3, -0.25) is 14.3 Å². The average molecular weight is 434 g/mol. The second-order valence-corrected chi connectivity index (χ2v) is 8.36. The summed E-state index contributed by atoms with van der Waals surface area (Å²) in [6.07, 6.45) is 0.903. The first-order valence-electron chi connectivity index (χ1n) is 9.59. The highest BCUT2D eigenvalue weighted by Crippen LogP contribution is 2.24. The van der Waals surface area contributed by atoms with E-state index < -0.39 is 10.0 Å². The van der Waals surface area contributed by atoms with Gasteiger partial charge in [-0.1, -0.05) is 13.0 Å². The predicted molar refractivity (Wildman–Crippen MR) is 116 cm³/mol. The number of methoxy groups -OCH3 is 1. The van der Waals surface area contributed by atoms with Crippen molar-refractivity contribution in [3.63, 3.8) is 0 Å². The van der Waals surface area contributed by atoms with Crippen molar-refractivity contribution in [3.8, 4) is 5.75 Å². The van der Waals surface area contributed by atoms with Crippen LogP contribution in [-0.2, 0) is 19.6 Å². The maximum atomic E-state index is 12.8. The fourth-order valence-corrected chi connectivity index (χ4v) is 3.97. The van der Waals surface area contributed by atoms with Gasteiger partial charge in [0.05, 0.1) is 12.0 Å². The van der Waals surface area contributed by atoms with Crippen LogP contribution in [-0.4, -0.2) is 33.9 Å². The minimum absolute atomic E-state index is 0.00953. The molecule has 0 spiro atoms. The van der Waals surface area contributed by atoms with E-state index in [1.165, 1.54) is 13.2 Å². The van der Waals surface area contributed by atoms with Crippen molar-refractivity contribution in [1.29, 1.82) is 0 Å². The molecule has 0 fully saturated rings. The van der Waals surface area contributed by atoms with Gasteiger partial charge in [0, 0.05) is 30.8 Å². The number of rotatable bonds is 10. The molecule has 2 aromatic rings. The minimum Gasteiger partial charge on any atom is -0.497 e. The van der Waals surface area contributed by atoms with Crippen LogP contribution < -0.4 is 20.1 Å². The second-order valence-electron chi connectivity index (χ2n) is 6.71. The number of carbonyl (C=O) groups is 2. The largest absolute Gasteiger partial charge is 0.497 e. The van der Waals surface area contributed by atoms with Gasteiger partial charge in [0.15, 0.2) is 0 Å². The van der Waals surface area contributed by atoms with Crippen LogP contribution in [0.25, 0.3) is 0 Å². The maximum Gasteiger partial charge on any atom is 0.262 e. The normalized spacial score (nSPS) is 10.9. The molecule has 0 aliphatic rings. The van der Waals surface area contributed by atoms with Gasteiger partial charge in [-0.15, -0.1) is 0 Å². The first-order chi connectivity index (χ1) is 14.2. The van der Waals surface area contributed by atoms with Gasteiger partial charge in [0.25, 0.3) is 10.0 Å². The third-order valence-corrected chi connectivity index (χ3v) is 5.78. The first kappa shape index (κ1) is 23.2. The third kappa shape index (κ3) is 6.77. The molecule has 8 nitrogen and oxygen atoms in total. The number of hydrogen-bond acceptors (Lipinski definition) is 5. The molecule has 0 saturated heterocycles. The van der Waals surface area contributed by atoms with E-state index in [0.29, 0.717) is 29.2 Å². The molecule has 0 radical (unpaired) electrons. The Morgan fingerprint density at radius 2 is 1.60 bits per heavy atom. The topological polar surface area (TPSA) is 114 Å². The molecule has 0 heterocycles. The molecule has 0 bridgehead atoms. The van der Waals surface area contributed by atoms with Crippen LogP contribution in [0, 0.1) is 6.92 Å². The molecule has 0 aliphatic carbocycles. The van der Waals surface area contributed by atoms with Gasteiger partial charge >= 0.3 is 0 Å². The Labute approximate surface area is 177 Å². The molecule has 2 rings (SSSR count). The van der Waals surface area contributed by atoms with E-state index in [-0.39, 0.29) is 29.6 Å². The maximum absolute atomic E-state index is 12.8. The van der Waals surface area contributed by atoms with E-state index in [1.807, 2.05) is 6.92 Å². The highest BCUT2D eigenvalue weighted by atomic mass is 32.2.